The zero-order chi connectivity index (χ0) is 29.4. The van der Waals surface area contributed by atoms with Crippen LogP contribution in [0.5, 0.6) is 0 Å². The summed E-state index contributed by atoms with van der Waals surface area (Å²) < 4.78 is 55.7. The van der Waals surface area contributed by atoms with Crippen molar-refractivity contribution in [3.63, 3.8) is 0 Å². The van der Waals surface area contributed by atoms with E-state index in [2.05, 4.69) is 37.3 Å². The van der Waals surface area contributed by atoms with Crippen molar-refractivity contribution in [1.82, 2.24) is 20.0 Å². The average molecular weight is 677 g/mol. The number of hydrogen-bond donors (Lipinski definition) is 0. The Morgan fingerprint density at radius 2 is 1.93 bits per heavy atom. The molecule has 2 aliphatic rings. The molecule has 2 aromatic carbocycles. The van der Waals surface area contributed by atoms with Gasteiger partial charge >= 0.3 is 0 Å². The van der Waals surface area contributed by atoms with E-state index in [1.165, 1.54) is 18.9 Å². The maximum Gasteiger partial charge on any atom is 0.184 e. The number of methoxy groups -OCH3 is 1. The van der Waals surface area contributed by atoms with Gasteiger partial charge in [-0.15, -0.1) is 5.10 Å². The molecule has 0 aliphatic carbocycles. The fourth-order valence-corrected chi connectivity index (χ4v) is 6.82. The van der Waals surface area contributed by atoms with Crippen molar-refractivity contribution in [1.29, 1.82) is 5.26 Å². The molecule has 6 rings (SSSR count). The molecule has 0 saturated carbocycles. The first-order valence-electron chi connectivity index (χ1n) is 12.7. The minimum Gasteiger partial charge on any atom is -0.375 e. The summed E-state index contributed by atoms with van der Waals surface area (Å²) in [7, 11) is 1.54. The molecule has 4 unspecified atom stereocenters. The summed E-state index contributed by atoms with van der Waals surface area (Å²) in [6.45, 7) is 0.200. The van der Waals surface area contributed by atoms with Crippen LogP contribution in [0.25, 0.3) is 11.3 Å². The van der Waals surface area contributed by atoms with Gasteiger partial charge in [-0.1, -0.05) is 58.9 Å². The van der Waals surface area contributed by atoms with E-state index in [0.29, 0.717) is 9.37 Å². The van der Waals surface area contributed by atoms with Crippen LogP contribution in [0.15, 0.2) is 70.3 Å². The maximum absolute atomic E-state index is 14.2. The minimum absolute atomic E-state index is 0.165. The Labute approximate surface area is 256 Å². The van der Waals surface area contributed by atoms with Crippen LogP contribution in [0.3, 0.4) is 0 Å². The monoisotopic (exact) mass is 675 g/mol. The molecule has 216 valence electrons. The van der Waals surface area contributed by atoms with E-state index >= 15 is 0 Å². The van der Waals surface area contributed by atoms with Crippen LogP contribution in [0.2, 0.25) is 5.02 Å². The normalized spacial score (nSPS) is 25.5. The lowest BCUT2D eigenvalue weighted by Crippen LogP contribution is -2.59. The fraction of sp³-hybridized carbons (Fsp3) is 0.286. The van der Waals surface area contributed by atoms with Gasteiger partial charge in [-0.25, -0.2) is 18.4 Å². The zero-order valence-corrected chi connectivity index (χ0v) is 24.9. The van der Waals surface area contributed by atoms with Gasteiger partial charge in [0.1, 0.15) is 58.2 Å². The van der Waals surface area contributed by atoms with E-state index < -0.39 is 52.7 Å². The molecule has 2 saturated heterocycles. The second-order valence-electron chi connectivity index (χ2n) is 9.48. The van der Waals surface area contributed by atoms with Gasteiger partial charge in [0, 0.05) is 33.8 Å². The number of pyridine rings is 1. The summed E-state index contributed by atoms with van der Waals surface area (Å²) in [4.78, 5) is 4.79. The molecule has 42 heavy (non-hydrogen) atoms. The van der Waals surface area contributed by atoms with Crippen LogP contribution in [-0.4, -0.2) is 57.4 Å². The van der Waals surface area contributed by atoms with Crippen LogP contribution in [-0.2, 0) is 18.9 Å². The molecule has 6 atom stereocenters. The molecule has 4 heterocycles. The molecule has 2 aliphatic heterocycles. The standard InChI is InChI=1S/C28H21BrClF2N5O4S/c1-38-26-24(37-12-20(35-36-37)15-7-17(31)23(30)18(32)8-15)25-21(13-39-27(41-25)14-5-3-2-4-6-14)40-28(26)42-22-9-16(29)11-34-19(22)10-33/h2-9,11-12,21,24-28H,13H2,1H3/t21?,24?,25-,26?,27?,28+/m0/s1. The highest BCUT2D eigenvalue weighted by Crippen LogP contribution is 2.45. The van der Waals surface area contributed by atoms with Crippen LogP contribution in [0.1, 0.15) is 23.6 Å². The number of aromatic nitrogens is 4. The number of ether oxygens (including phenoxy) is 4. The fourth-order valence-electron chi connectivity index (χ4n) is 4.97. The highest BCUT2D eigenvalue weighted by Gasteiger charge is 2.52. The molecule has 9 nitrogen and oxygen atoms in total. The predicted molar refractivity (Wildman–Crippen MR) is 151 cm³/mol. The summed E-state index contributed by atoms with van der Waals surface area (Å²) in [5.41, 5.74) is 0.795. The van der Waals surface area contributed by atoms with Gasteiger partial charge in [0.15, 0.2) is 12.0 Å². The molecule has 0 spiro atoms. The molecule has 0 bridgehead atoms. The Kier molecular flexibility index (Phi) is 8.56. The average Bonchev–Trinajstić information content (AvgIpc) is 3.49. The van der Waals surface area contributed by atoms with Crippen molar-refractivity contribution < 1.29 is 27.7 Å². The van der Waals surface area contributed by atoms with Crippen molar-refractivity contribution in [2.24, 2.45) is 0 Å². The predicted octanol–water partition coefficient (Wildman–Crippen LogP) is 6.09. The van der Waals surface area contributed by atoms with Gasteiger partial charge in [-0.3, -0.25) is 0 Å². The van der Waals surface area contributed by atoms with Gasteiger partial charge < -0.3 is 18.9 Å². The second kappa shape index (κ2) is 12.3. The van der Waals surface area contributed by atoms with E-state index in [4.69, 9.17) is 30.5 Å². The Bertz CT molecular complexity index is 1620. The van der Waals surface area contributed by atoms with Crippen molar-refractivity contribution in [2.75, 3.05) is 13.7 Å². The summed E-state index contributed by atoms with van der Waals surface area (Å²) in [5.74, 6) is -1.82. The minimum atomic E-state index is -0.909. The molecule has 4 aromatic rings. The maximum atomic E-state index is 14.2. The van der Waals surface area contributed by atoms with E-state index in [-0.39, 0.29) is 23.6 Å². The SMILES string of the molecule is COC1C(n2cc(-c3cc(F)c(Cl)c(F)c3)nn2)[C@H]2OC(c3ccccc3)OCC2O[C@@H]1Sc1cc(Br)cnc1C#N. The van der Waals surface area contributed by atoms with Gasteiger partial charge in [0.25, 0.3) is 0 Å². The number of hydrogen-bond acceptors (Lipinski definition) is 9. The highest BCUT2D eigenvalue weighted by atomic mass is 79.9. The lowest BCUT2D eigenvalue weighted by Gasteiger charge is -2.48. The van der Waals surface area contributed by atoms with Crippen molar-refractivity contribution in [2.45, 2.75) is 41.0 Å². The first-order chi connectivity index (χ1) is 20.4. The third kappa shape index (κ3) is 5.68. The molecule has 0 amide bonds. The lowest BCUT2D eigenvalue weighted by atomic mass is 9.95. The molecular weight excluding hydrogens is 656 g/mol. The van der Waals surface area contributed by atoms with E-state index in [1.807, 2.05) is 30.3 Å². The van der Waals surface area contributed by atoms with Crippen molar-refractivity contribution >= 4 is 39.3 Å². The summed E-state index contributed by atoms with van der Waals surface area (Å²) >= 11 is 10.4. The number of nitrogens with zero attached hydrogens (tertiary/aromatic N) is 5. The lowest BCUT2D eigenvalue weighted by molar-refractivity contribution is -0.308. The van der Waals surface area contributed by atoms with Crippen LogP contribution < -0.4 is 0 Å². The zero-order valence-electron chi connectivity index (χ0n) is 21.7. The van der Waals surface area contributed by atoms with E-state index in [9.17, 15) is 14.0 Å². The Balaban J connectivity index is 1.39. The number of nitriles is 1. The quantitative estimate of drug-likeness (QED) is 0.224. The summed E-state index contributed by atoms with van der Waals surface area (Å²) in [5, 5.41) is 17.6. The first-order valence-corrected chi connectivity index (χ1v) is 14.7. The second-order valence-corrected chi connectivity index (χ2v) is 11.9. The number of rotatable bonds is 6. The topological polar surface area (TPSA) is 104 Å². The molecule has 0 N–H and O–H groups in total. The molecule has 14 heteroatoms. The third-order valence-corrected chi connectivity index (χ3v) is 8.89. The summed E-state index contributed by atoms with van der Waals surface area (Å²) in [6, 6.07) is 14.9. The number of halogens is 4. The van der Waals surface area contributed by atoms with Crippen molar-refractivity contribution in [3.8, 4) is 17.3 Å². The van der Waals surface area contributed by atoms with E-state index in [1.54, 1.807) is 23.1 Å². The van der Waals surface area contributed by atoms with Crippen molar-refractivity contribution in [3.05, 3.63) is 93.3 Å². The van der Waals surface area contributed by atoms with Crippen LogP contribution >= 0.6 is 39.3 Å². The van der Waals surface area contributed by atoms with E-state index in [0.717, 1.165) is 17.7 Å². The molecule has 0 radical (unpaired) electrons. The number of benzene rings is 2. The third-order valence-electron chi connectivity index (χ3n) is 6.92. The Hall–Kier alpha value is -2.96. The van der Waals surface area contributed by atoms with Gasteiger partial charge in [-0.2, -0.15) is 5.26 Å². The molecule has 2 aromatic heterocycles. The van der Waals surface area contributed by atoms with Crippen LogP contribution in [0, 0.1) is 23.0 Å². The Morgan fingerprint density at radius 3 is 2.64 bits per heavy atom. The van der Waals surface area contributed by atoms with Gasteiger partial charge in [-0.05, 0) is 34.1 Å². The molecular formula is C28H21BrClF2N5O4S. The smallest absolute Gasteiger partial charge is 0.184 e. The highest BCUT2D eigenvalue weighted by molar-refractivity contribution is 9.10. The Morgan fingerprint density at radius 1 is 1.17 bits per heavy atom. The first kappa shape index (κ1) is 29.1. The number of fused-ring (bicyclic) bond motifs is 1. The summed E-state index contributed by atoms with van der Waals surface area (Å²) in [6.07, 6.45) is 0.591. The van der Waals surface area contributed by atoms with Gasteiger partial charge in [0.05, 0.1) is 12.8 Å². The largest absolute Gasteiger partial charge is 0.375 e. The van der Waals surface area contributed by atoms with Gasteiger partial charge in [0.2, 0.25) is 0 Å². The molecule has 2 fully saturated rings. The van der Waals surface area contributed by atoms with Crippen LogP contribution in [0.4, 0.5) is 8.78 Å². The number of thioether (sulfide) groups is 1.